The Morgan fingerprint density at radius 1 is 1.28 bits per heavy atom. The maximum Gasteiger partial charge on any atom is 0.0881 e. The number of hydrogen-bond acceptors (Lipinski definition) is 3. The minimum atomic E-state index is -0.464. The predicted octanol–water partition coefficient (Wildman–Crippen LogP) is 3.31. The largest absolute Gasteiger partial charge is 0.388 e. The Hall–Kier alpha value is -1.32. The lowest BCUT2D eigenvalue weighted by Gasteiger charge is -2.18. The molecule has 3 heteroatoms. The summed E-state index contributed by atoms with van der Waals surface area (Å²) in [6.07, 6.45) is 1.32. The molecule has 0 saturated carbocycles. The summed E-state index contributed by atoms with van der Waals surface area (Å²) in [6.45, 7) is 1.96. The summed E-state index contributed by atoms with van der Waals surface area (Å²) < 4.78 is 0. The molecular formula is C15H15NOS. The van der Waals surface area contributed by atoms with Crippen molar-refractivity contribution in [2.24, 2.45) is 0 Å². The highest BCUT2D eigenvalue weighted by Crippen LogP contribution is 2.45. The van der Waals surface area contributed by atoms with Crippen LogP contribution in [0.5, 0.6) is 0 Å². The van der Waals surface area contributed by atoms with E-state index in [1.54, 1.807) is 6.20 Å². The zero-order valence-electron chi connectivity index (χ0n) is 10.2. The van der Waals surface area contributed by atoms with Crippen LogP contribution in [0.4, 0.5) is 0 Å². The van der Waals surface area contributed by atoms with Gasteiger partial charge in [-0.05, 0) is 30.2 Å². The number of aliphatic hydroxyl groups excluding tert-OH is 1. The summed E-state index contributed by atoms with van der Waals surface area (Å²) in [4.78, 5) is 5.55. The van der Waals surface area contributed by atoms with Gasteiger partial charge in [0.2, 0.25) is 0 Å². The fourth-order valence-corrected chi connectivity index (χ4v) is 3.62. The number of rotatable bonds is 2. The number of aromatic nitrogens is 1. The van der Waals surface area contributed by atoms with Crippen LogP contribution < -0.4 is 0 Å². The molecule has 0 amide bonds. The number of nitrogens with zero attached hydrogens (tertiary/aromatic N) is 1. The molecule has 0 fully saturated rings. The van der Waals surface area contributed by atoms with Crippen molar-refractivity contribution in [3.8, 4) is 0 Å². The van der Waals surface area contributed by atoms with Crippen LogP contribution in [-0.4, -0.2) is 15.8 Å². The van der Waals surface area contributed by atoms with Crippen LogP contribution in [0.15, 0.2) is 47.5 Å². The lowest BCUT2D eigenvalue weighted by Crippen LogP contribution is -2.10. The fourth-order valence-electron chi connectivity index (χ4n) is 2.34. The third-order valence-corrected chi connectivity index (χ3v) is 4.60. The van der Waals surface area contributed by atoms with Gasteiger partial charge in [0.25, 0.3) is 0 Å². The molecule has 2 aromatic rings. The number of aliphatic hydroxyl groups is 1. The predicted molar refractivity (Wildman–Crippen MR) is 73.8 cm³/mol. The molecule has 18 heavy (non-hydrogen) atoms. The zero-order valence-corrected chi connectivity index (χ0v) is 11.0. The van der Waals surface area contributed by atoms with E-state index in [-0.39, 0.29) is 5.92 Å². The Bertz CT molecular complexity index is 553. The second-order valence-corrected chi connectivity index (χ2v) is 5.69. The van der Waals surface area contributed by atoms with E-state index < -0.39 is 6.10 Å². The molecule has 0 saturated heterocycles. The lowest BCUT2D eigenvalue weighted by atomic mass is 9.91. The van der Waals surface area contributed by atoms with Gasteiger partial charge in [-0.1, -0.05) is 24.3 Å². The number of thioether (sulfide) groups is 1. The molecule has 0 spiro atoms. The summed E-state index contributed by atoms with van der Waals surface area (Å²) in [6, 6.07) is 12.3. The third-order valence-electron chi connectivity index (χ3n) is 3.39. The van der Waals surface area contributed by atoms with Gasteiger partial charge in [-0.25, -0.2) is 0 Å². The van der Waals surface area contributed by atoms with Gasteiger partial charge >= 0.3 is 0 Å². The summed E-state index contributed by atoms with van der Waals surface area (Å²) >= 11 is 1.82. The quantitative estimate of drug-likeness (QED) is 0.896. The van der Waals surface area contributed by atoms with Gasteiger partial charge < -0.3 is 5.11 Å². The van der Waals surface area contributed by atoms with Gasteiger partial charge in [0.1, 0.15) is 0 Å². The maximum absolute atomic E-state index is 10.5. The second-order valence-electron chi connectivity index (χ2n) is 4.63. The molecular weight excluding hydrogens is 242 g/mol. The van der Waals surface area contributed by atoms with E-state index in [1.807, 2.05) is 43.0 Å². The van der Waals surface area contributed by atoms with Crippen molar-refractivity contribution >= 4 is 11.8 Å². The van der Waals surface area contributed by atoms with Gasteiger partial charge in [-0.2, -0.15) is 0 Å². The standard InChI is InChI=1S/C15H15NOS/c1-10-6-7-11(8-16-10)15(17)13-9-18-14-5-3-2-4-12(13)14/h2-8,13,15,17H,9H2,1H3. The molecule has 1 N–H and O–H groups in total. The first kappa shape index (κ1) is 11.8. The first-order valence-corrected chi connectivity index (χ1v) is 7.06. The number of aryl methyl sites for hydroxylation is 1. The SMILES string of the molecule is Cc1ccc(C(O)C2CSc3ccccc32)cn1. The molecule has 1 aromatic carbocycles. The van der Waals surface area contributed by atoms with Gasteiger partial charge in [-0.15, -0.1) is 11.8 Å². The first-order valence-electron chi connectivity index (χ1n) is 6.08. The molecule has 1 aliphatic heterocycles. The van der Waals surface area contributed by atoms with Gasteiger partial charge in [0.15, 0.2) is 0 Å². The normalized spacial score (nSPS) is 19.6. The highest BCUT2D eigenvalue weighted by molar-refractivity contribution is 7.99. The molecule has 0 aliphatic carbocycles. The van der Waals surface area contributed by atoms with Gasteiger partial charge in [-0.3, -0.25) is 4.98 Å². The molecule has 2 heterocycles. The van der Waals surface area contributed by atoms with E-state index in [0.29, 0.717) is 0 Å². The smallest absolute Gasteiger partial charge is 0.0881 e. The van der Waals surface area contributed by atoms with E-state index in [9.17, 15) is 5.11 Å². The summed E-state index contributed by atoms with van der Waals surface area (Å²) in [5, 5.41) is 10.5. The molecule has 3 rings (SSSR count). The van der Waals surface area contributed by atoms with E-state index in [1.165, 1.54) is 10.5 Å². The van der Waals surface area contributed by atoms with Crippen LogP contribution in [-0.2, 0) is 0 Å². The van der Waals surface area contributed by atoms with Crippen molar-refractivity contribution in [1.29, 1.82) is 0 Å². The monoisotopic (exact) mass is 257 g/mol. The second kappa shape index (κ2) is 4.75. The Morgan fingerprint density at radius 3 is 2.89 bits per heavy atom. The van der Waals surface area contributed by atoms with Crippen molar-refractivity contribution in [2.75, 3.05) is 5.75 Å². The van der Waals surface area contributed by atoms with Crippen molar-refractivity contribution in [2.45, 2.75) is 23.8 Å². The number of hydrogen-bond donors (Lipinski definition) is 1. The lowest BCUT2D eigenvalue weighted by molar-refractivity contribution is 0.153. The minimum absolute atomic E-state index is 0.177. The summed E-state index contributed by atoms with van der Waals surface area (Å²) in [5.41, 5.74) is 3.14. The first-order chi connectivity index (χ1) is 8.75. The zero-order chi connectivity index (χ0) is 12.5. The van der Waals surface area contributed by atoms with Crippen LogP contribution in [0, 0.1) is 6.92 Å². The van der Waals surface area contributed by atoms with Crippen LogP contribution in [0.1, 0.15) is 28.8 Å². The van der Waals surface area contributed by atoms with Crippen molar-refractivity contribution < 1.29 is 5.11 Å². The van der Waals surface area contributed by atoms with Crippen molar-refractivity contribution in [3.63, 3.8) is 0 Å². The third kappa shape index (κ3) is 2.04. The van der Waals surface area contributed by atoms with E-state index >= 15 is 0 Å². The van der Waals surface area contributed by atoms with E-state index in [0.717, 1.165) is 17.0 Å². The van der Waals surface area contributed by atoms with Gasteiger partial charge in [0.05, 0.1) is 6.10 Å². The Kier molecular flexibility index (Phi) is 3.10. The molecule has 1 aromatic heterocycles. The van der Waals surface area contributed by atoms with Crippen LogP contribution in [0.3, 0.4) is 0 Å². The Labute approximate surface area is 111 Å². The van der Waals surface area contributed by atoms with Crippen molar-refractivity contribution in [1.82, 2.24) is 4.98 Å². The molecule has 2 unspecified atom stereocenters. The summed E-state index contributed by atoms with van der Waals surface area (Å²) in [7, 11) is 0. The molecule has 1 aliphatic rings. The highest BCUT2D eigenvalue weighted by atomic mass is 32.2. The molecule has 2 atom stereocenters. The van der Waals surface area contributed by atoms with Crippen LogP contribution >= 0.6 is 11.8 Å². The highest BCUT2D eigenvalue weighted by Gasteiger charge is 2.29. The average molecular weight is 257 g/mol. The number of pyridine rings is 1. The fraction of sp³-hybridized carbons (Fsp3) is 0.267. The Balaban J connectivity index is 1.90. The molecule has 2 nitrogen and oxygen atoms in total. The number of benzene rings is 1. The number of fused-ring (bicyclic) bond motifs is 1. The average Bonchev–Trinajstić information content (AvgIpc) is 2.82. The van der Waals surface area contributed by atoms with E-state index in [4.69, 9.17) is 0 Å². The van der Waals surface area contributed by atoms with Crippen LogP contribution in [0.25, 0.3) is 0 Å². The molecule has 92 valence electrons. The minimum Gasteiger partial charge on any atom is -0.388 e. The topological polar surface area (TPSA) is 33.1 Å². The van der Waals surface area contributed by atoms with Gasteiger partial charge in [0, 0.05) is 28.5 Å². The maximum atomic E-state index is 10.5. The van der Waals surface area contributed by atoms with Crippen LogP contribution in [0.2, 0.25) is 0 Å². The molecule has 0 radical (unpaired) electrons. The van der Waals surface area contributed by atoms with E-state index in [2.05, 4.69) is 17.1 Å². The van der Waals surface area contributed by atoms with Crippen molar-refractivity contribution in [3.05, 3.63) is 59.4 Å². The Morgan fingerprint density at radius 2 is 2.11 bits per heavy atom. The summed E-state index contributed by atoms with van der Waals surface area (Å²) in [5.74, 6) is 1.12. The molecule has 0 bridgehead atoms.